The summed E-state index contributed by atoms with van der Waals surface area (Å²) in [5.41, 5.74) is 1.38. The van der Waals surface area contributed by atoms with Gasteiger partial charge in [0.1, 0.15) is 5.82 Å². The summed E-state index contributed by atoms with van der Waals surface area (Å²) in [6.07, 6.45) is 4.88. The SMILES string of the molecule is CC1CN(C(=O)c2cnc3ccc(F)cc3c2N2CCC(C)(C#N)CC2)CCN1C(=O)C1CC1. The molecule has 2 saturated heterocycles. The van der Waals surface area contributed by atoms with Crippen LogP contribution in [-0.2, 0) is 4.79 Å². The van der Waals surface area contributed by atoms with E-state index in [-0.39, 0.29) is 29.6 Å². The highest BCUT2D eigenvalue weighted by atomic mass is 19.1. The van der Waals surface area contributed by atoms with E-state index in [0.29, 0.717) is 67.7 Å². The van der Waals surface area contributed by atoms with Gasteiger partial charge in [-0.05, 0) is 57.7 Å². The predicted molar refractivity (Wildman–Crippen MR) is 127 cm³/mol. The monoisotopic (exact) mass is 463 g/mol. The Bertz CT molecular complexity index is 1180. The van der Waals surface area contributed by atoms with Gasteiger partial charge < -0.3 is 14.7 Å². The predicted octanol–water partition coefficient (Wildman–Crippen LogP) is 3.59. The molecule has 1 aliphatic carbocycles. The van der Waals surface area contributed by atoms with Gasteiger partial charge in [0.25, 0.3) is 5.91 Å². The van der Waals surface area contributed by atoms with E-state index in [0.717, 1.165) is 12.8 Å². The van der Waals surface area contributed by atoms with Gasteiger partial charge in [-0.2, -0.15) is 5.26 Å². The second-order valence-corrected chi connectivity index (χ2v) is 10.2. The average molecular weight is 464 g/mol. The van der Waals surface area contributed by atoms with Gasteiger partial charge in [0.15, 0.2) is 0 Å². The van der Waals surface area contributed by atoms with Crippen LogP contribution >= 0.6 is 0 Å². The zero-order valence-corrected chi connectivity index (χ0v) is 19.8. The Morgan fingerprint density at radius 1 is 1.18 bits per heavy atom. The van der Waals surface area contributed by atoms with Crippen LogP contribution in [0.5, 0.6) is 0 Å². The second-order valence-electron chi connectivity index (χ2n) is 10.2. The summed E-state index contributed by atoms with van der Waals surface area (Å²) in [6, 6.07) is 6.82. The number of nitrogens with zero attached hydrogens (tertiary/aromatic N) is 5. The van der Waals surface area contributed by atoms with Gasteiger partial charge in [-0.25, -0.2) is 4.39 Å². The number of rotatable bonds is 3. The lowest BCUT2D eigenvalue weighted by Gasteiger charge is -2.41. The molecule has 0 radical (unpaired) electrons. The zero-order valence-electron chi connectivity index (χ0n) is 19.8. The molecule has 178 valence electrons. The number of carbonyl (C=O) groups is 2. The molecule has 3 fully saturated rings. The quantitative estimate of drug-likeness (QED) is 0.695. The number of halogens is 1. The van der Waals surface area contributed by atoms with E-state index in [1.807, 2.05) is 18.7 Å². The molecule has 3 heterocycles. The number of fused-ring (bicyclic) bond motifs is 1. The Balaban J connectivity index is 1.46. The molecule has 0 bridgehead atoms. The highest BCUT2D eigenvalue weighted by Crippen LogP contribution is 2.38. The van der Waals surface area contributed by atoms with Gasteiger partial charge in [-0.1, -0.05) is 0 Å². The van der Waals surface area contributed by atoms with Crippen molar-refractivity contribution in [1.29, 1.82) is 5.26 Å². The normalized spacial score (nSPS) is 22.5. The Hall–Kier alpha value is -3.21. The molecule has 2 aliphatic heterocycles. The Morgan fingerprint density at radius 3 is 2.56 bits per heavy atom. The molecule has 3 aliphatic rings. The van der Waals surface area contributed by atoms with E-state index in [1.54, 1.807) is 17.2 Å². The van der Waals surface area contributed by atoms with Crippen molar-refractivity contribution < 1.29 is 14.0 Å². The largest absolute Gasteiger partial charge is 0.370 e. The molecule has 2 amide bonds. The Labute approximate surface area is 199 Å². The molecule has 0 spiro atoms. The maximum absolute atomic E-state index is 14.3. The third-order valence-corrected chi connectivity index (χ3v) is 7.61. The highest BCUT2D eigenvalue weighted by molar-refractivity contribution is 6.07. The van der Waals surface area contributed by atoms with Crippen LogP contribution in [-0.4, -0.2) is 65.4 Å². The number of nitriles is 1. The molecule has 5 rings (SSSR count). The number of hydrogen-bond acceptors (Lipinski definition) is 5. The molecule has 1 aromatic carbocycles. The molecule has 2 aromatic rings. The van der Waals surface area contributed by atoms with Gasteiger partial charge in [0.05, 0.1) is 28.3 Å². The standard InChI is InChI=1S/C26H30FN5O2/c1-17-15-31(11-12-32(17)24(33)18-3-4-18)25(34)21-14-29-22-6-5-19(27)13-20(22)23(21)30-9-7-26(2,16-28)8-10-30/h5-6,13-14,17-18H,3-4,7-12,15H2,1-2H3. The first-order valence-corrected chi connectivity index (χ1v) is 12.1. The van der Waals surface area contributed by atoms with Crippen LogP contribution in [0.4, 0.5) is 10.1 Å². The summed E-state index contributed by atoms with van der Waals surface area (Å²) >= 11 is 0. The first-order valence-electron chi connectivity index (χ1n) is 12.1. The maximum atomic E-state index is 14.3. The van der Waals surface area contributed by atoms with Crippen LogP contribution < -0.4 is 4.90 Å². The van der Waals surface area contributed by atoms with Crippen molar-refractivity contribution in [3.05, 3.63) is 35.8 Å². The molecular weight excluding hydrogens is 433 g/mol. The first-order chi connectivity index (χ1) is 16.3. The molecule has 8 heteroatoms. The van der Waals surface area contributed by atoms with Crippen LogP contribution in [0, 0.1) is 28.5 Å². The number of anilines is 1. The molecule has 1 saturated carbocycles. The number of piperazine rings is 1. The molecule has 1 unspecified atom stereocenters. The van der Waals surface area contributed by atoms with Gasteiger partial charge >= 0.3 is 0 Å². The molecule has 34 heavy (non-hydrogen) atoms. The van der Waals surface area contributed by atoms with Crippen molar-refractivity contribution >= 4 is 28.4 Å². The first kappa shape index (κ1) is 22.6. The number of amides is 2. The number of piperidine rings is 1. The van der Waals surface area contributed by atoms with Gasteiger partial charge in [-0.3, -0.25) is 14.6 Å². The van der Waals surface area contributed by atoms with Crippen LogP contribution in [0.1, 0.15) is 49.9 Å². The Morgan fingerprint density at radius 2 is 1.91 bits per heavy atom. The minimum absolute atomic E-state index is 0.0496. The molecule has 1 aromatic heterocycles. The van der Waals surface area contributed by atoms with Gasteiger partial charge in [0, 0.05) is 56.3 Å². The molecule has 0 N–H and O–H groups in total. The summed E-state index contributed by atoms with van der Waals surface area (Å²) in [6.45, 7) is 6.63. The lowest BCUT2D eigenvalue weighted by atomic mass is 9.81. The van der Waals surface area contributed by atoms with Crippen molar-refractivity contribution in [3.63, 3.8) is 0 Å². The lowest BCUT2D eigenvalue weighted by Crippen LogP contribution is -2.56. The van der Waals surface area contributed by atoms with E-state index in [2.05, 4.69) is 16.0 Å². The van der Waals surface area contributed by atoms with Crippen molar-refractivity contribution in [2.24, 2.45) is 11.3 Å². The van der Waals surface area contributed by atoms with E-state index in [4.69, 9.17) is 0 Å². The third-order valence-electron chi connectivity index (χ3n) is 7.61. The van der Waals surface area contributed by atoms with Crippen LogP contribution in [0.3, 0.4) is 0 Å². The molecule has 7 nitrogen and oxygen atoms in total. The van der Waals surface area contributed by atoms with Crippen molar-refractivity contribution in [3.8, 4) is 6.07 Å². The second kappa shape index (κ2) is 8.53. The minimum Gasteiger partial charge on any atom is -0.370 e. The zero-order chi connectivity index (χ0) is 24.0. The summed E-state index contributed by atoms with van der Waals surface area (Å²) in [7, 11) is 0. The fraction of sp³-hybridized carbons (Fsp3) is 0.538. The fourth-order valence-electron chi connectivity index (χ4n) is 5.19. The lowest BCUT2D eigenvalue weighted by molar-refractivity contribution is -0.136. The van der Waals surface area contributed by atoms with Gasteiger partial charge in [0.2, 0.25) is 5.91 Å². The van der Waals surface area contributed by atoms with Crippen LogP contribution in [0.15, 0.2) is 24.4 Å². The Kier molecular flexibility index (Phi) is 5.67. The van der Waals surface area contributed by atoms with Gasteiger partial charge in [-0.15, -0.1) is 0 Å². The van der Waals surface area contributed by atoms with Crippen molar-refractivity contribution in [2.45, 2.75) is 45.6 Å². The van der Waals surface area contributed by atoms with Crippen molar-refractivity contribution in [2.75, 3.05) is 37.6 Å². The topological polar surface area (TPSA) is 80.5 Å². The fourth-order valence-corrected chi connectivity index (χ4v) is 5.19. The molecule has 1 atom stereocenters. The van der Waals surface area contributed by atoms with E-state index < -0.39 is 5.41 Å². The maximum Gasteiger partial charge on any atom is 0.257 e. The number of hydrogen-bond donors (Lipinski definition) is 0. The van der Waals surface area contributed by atoms with Crippen LogP contribution in [0.2, 0.25) is 0 Å². The smallest absolute Gasteiger partial charge is 0.257 e. The molecular formula is C26H30FN5O2. The third kappa shape index (κ3) is 4.08. The number of benzene rings is 1. The highest BCUT2D eigenvalue weighted by Gasteiger charge is 2.39. The summed E-state index contributed by atoms with van der Waals surface area (Å²) in [4.78, 5) is 36.6. The van der Waals surface area contributed by atoms with E-state index >= 15 is 0 Å². The minimum atomic E-state index is -0.394. The summed E-state index contributed by atoms with van der Waals surface area (Å²) in [5, 5.41) is 10.1. The number of pyridine rings is 1. The number of carbonyl (C=O) groups excluding carboxylic acids is 2. The van der Waals surface area contributed by atoms with E-state index in [1.165, 1.54) is 12.1 Å². The van der Waals surface area contributed by atoms with Crippen molar-refractivity contribution in [1.82, 2.24) is 14.8 Å². The average Bonchev–Trinajstić information content (AvgIpc) is 3.69. The number of aromatic nitrogens is 1. The summed E-state index contributed by atoms with van der Waals surface area (Å²) in [5.74, 6) is -0.154. The van der Waals surface area contributed by atoms with Crippen LogP contribution in [0.25, 0.3) is 10.9 Å². The van der Waals surface area contributed by atoms with E-state index in [9.17, 15) is 19.2 Å². The summed E-state index contributed by atoms with van der Waals surface area (Å²) < 4.78 is 14.3.